The summed E-state index contributed by atoms with van der Waals surface area (Å²) in [5.74, 6) is 0.470. The Morgan fingerprint density at radius 2 is 2.15 bits per heavy atom. The summed E-state index contributed by atoms with van der Waals surface area (Å²) in [6.07, 6.45) is 6.87. The van der Waals surface area contributed by atoms with Crippen molar-refractivity contribution in [3.8, 4) is 11.3 Å². The van der Waals surface area contributed by atoms with Crippen LogP contribution in [0.25, 0.3) is 11.3 Å². The Balaban J connectivity index is 1.63. The van der Waals surface area contributed by atoms with Gasteiger partial charge in [-0.25, -0.2) is 19.4 Å². The van der Waals surface area contributed by atoms with Gasteiger partial charge in [0.1, 0.15) is 5.82 Å². The van der Waals surface area contributed by atoms with Gasteiger partial charge in [0.25, 0.3) is 0 Å². The monoisotopic (exact) mass is 453 g/mol. The number of hydrogen-bond donors (Lipinski definition) is 3. The third-order valence-electron chi connectivity index (χ3n) is 6.30. The number of nitrogens with two attached hydrogens (primary N) is 1. The third-order valence-corrected chi connectivity index (χ3v) is 6.30. The third kappa shape index (κ3) is 4.85. The molecule has 174 valence electrons. The van der Waals surface area contributed by atoms with E-state index in [9.17, 15) is 9.18 Å². The average molecular weight is 454 g/mol. The first kappa shape index (κ1) is 22.8. The van der Waals surface area contributed by atoms with Gasteiger partial charge < -0.3 is 20.7 Å². The van der Waals surface area contributed by atoms with Crippen molar-refractivity contribution < 1.29 is 13.9 Å². The summed E-state index contributed by atoms with van der Waals surface area (Å²) in [6.45, 7) is 2.72. The summed E-state index contributed by atoms with van der Waals surface area (Å²) in [7, 11) is 1.75. The average Bonchev–Trinajstić information content (AvgIpc) is 2.80. The molecule has 33 heavy (non-hydrogen) atoms. The Bertz CT molecular complexity index is 1100. The van der Waals surface area contributed by atoms with Crippen molar-refractivity contribution in [2.24, 2.45) is 16.6 Å². The highest BCUT2D eigenvalue weighted by atomic mass is 19.1. The minimum absolute atomic E-state index is 0.0596. The highest BCUT2D eigenvalue weighted by molar-refractivity contribution is 6.01. The van der Waals surface area contributed by atoms with Crippen LogP contribution in [0.4, 0.5) is 16.0 Å². The largest absolute Gasteiger partial charge is 0.390 e. The number of aryl methyl sites for hydroxylation is 1. The lowest BCUT2D eigenvalue weighted by Crippen LogP contribution is -2.42. The molecule has 0 unspecified atom stereocenters. The lowest BCUT2D eigenvalue weighted by molar-refractivity contribution is -0.115. The second kappa shape index (κ2) is 9.62. The van der Waals surface area contributed by atoms with Gasteiger partial charge in [0.05, 0.1) is 36.4 Å². The van der Waals surface area contributed by atoms with E-state index in [0.29, 0.717) is 41.5 Å². The number of rotatable bonds is 5. The van der Waals surface area contributed by atoms with Crippen LogP contribution in [-0.2, 0) is 9.53 Å². The van der Waals surface area contributed by atoms with Gasteiger partial charge in [-0.05, 0) is 56.2 Å². The van der Waals surface area contributed by atoms with Gasteiger partial charge in [0.2, 0.25) is 5.91 Å². The fourth-order valence-electron chi connectivity index (χ4n) is 4.53. The highest BCUT2D eigenvalue weighted by Crippen LogP contribution is 2.33. The number of carbonyl (C=O) groups is 1. The van der Waals surface area contributed by atoms with Crippen LogP contribution in [0.2, 0.25) is 0 Å². The summed E-state index contributed by atoms with van der Waals surface area (Å²) < 4.78 is 20.2. The van der Waals surface area contributed by atoms with E-state index in [2.05, 4.69) is 15.3 Å². The molecule has 10 heteroatoms. The van der Waals surface area contributed by atoms with Crippen LogP contribution in [-0.4, -0.2) is 54.4 Å². The minimum Gasteiger partial charge on any atom is -0.390 e. The first-order chi connectivity index (χ1) is 15.9. The Morgan fingerprint density at radius 1 is 1.39 bits per heavy atom. The summed E-state index contributed by atoms with van der Waals surface area (Å²) in [6, 6.07) is 2.88. The number of nitrogens with one attached hydrogen (secondary N) is 2. The fraction of sp³-hybridized carbons (Fsp3) is 0.435. The molecule has 1 aliphatic carbocycles. The molecule has 1 amide bonds. The predicted octanol–water partition coefficient (Wildman–Crippen LogP) is 2.87. The van der Waals surface area contributed by atoms with E-state index in [1.807, 2.05) is 11.8 Å². The van der Waals surface area contributed by atoms with Gasteiger partial charge in [-0.2, -0.15) is 0 Å². The molecule has 1 saturated carbocycles. The van der Waals surface area contributed by atoms with E-state index < -0.39 is 5.82 Å². The number of anilines is 2. The van der Waals surface area contributed by atoms with Crippen molar-refractivity contribution in [3.05, 3.63) is 35.3 Å². The normalized spacial score (nSPS) is 20.6. The summed E-state index contributed by atoms with van der Waals surface area (Å²) in [5, 5.41) is 10.6. The summed E-state index contributed by atoms with van der Waals surface area (Å²) in [5.41, 5.74) is 7.07. The van der Waals surface area contributed by atoms with E-state index in [0.717, 1.165) is 37.6 Å². The van der Waals surface area contributed by atoms with Crippen molar-refractivity contribution in [1.82, 2.24) is 9.97 Å². The Morgan fingerprint density at radius 3 is 2.85 bits per heavy atom. The molecule has 2 heterocycles. The molecule has 0 spiro atoms. The number of nitrogens with zero attached hydrogens (tertiary/aromatic N) is 4. The number of aromatic nitrogens is 2. The van der Waals surface area contributed by atoms with E-state index in [-0.39, 0.29) is 23.9 Å². The molecule has 1 aromatic heterocycles. The molecule has 0 atom stereocenters. The molecule has 0 bridgehead atoms. The second-order valence-electron chi connectivity index (χ2n) is 8.51. The van der Waals surface area contributed by atoms with Gasteiger partial charge >= 0.3 is 0 Å². The number of aliphatic imine (C=N–C) groups is 1. The SMILES string of the molecule is CO[C@H]1CC[C@@H](CN2CC(=O)Nc3ncc(-c4cc(F)c(C(=N)/N=C\N)cc4C)nc32)CC1. The number of amides is 1. The van der Waals surface area contributed by atoms with Gasteiger partial charge in [-0.15, -0.1) is 0 Å². The lowest BCUT2D eigenvalue weighted by atomic mass is 9.87. The molecule has 4 N–H and O–H groups in total. The van der Waals surface area contributed by atoms with Gasteiger partial charge in [0, 0.05) is 19.2 Å². The minimum atomic E-state index is -0.592. The quantitative estimate of drug-likeness (QED) is 0.472. The molecule has 0 saturated heterocycles. The molecular formula is C23H28FN7O2. The molecule has 4 rings (SSSR count). The molecule has 0 radical (unpaired) electrons. The maximum Gasteiger partial charge on any atom is 0.245 e. The van der Waals surface area contributed by atoms with Crippen LogP contribution in [0.3, 0.4) is 0 Å². The molecular weight excluding hydrogens is 425 g/mol. The second-order valence-corrected chi connectivity index (χ2v) is 8.51. The van der Waals surface area contributed by atoms with Crippen LogP contribution in [0.5, 0.6) is 0 Å². The summed E-state index contributed by atoms with van der Waals surface area (Å²) >= 11 is 0. The Hall–Kier alpha value is -3.40. The molecule has 2 aromatic rings. The van der Waals surface area contributed by atoms with Crippen LogP contribution in [0.15, 0.2) is 23.3 Å². The number of ether oxygens (including phenoxy) is 1. The van der Waals surface area contributed by atoms with E-state index in [1.165, 1.54) is 12.3 Å². The first-order valence-corrected chi connectivity index (χ1v) is 11.0. The van der Waals surface area contributed by atoms with Gasteiger partial charge in [-0.3, -0.25) is 10.2 Å². The van der Waals surface area contributed by atoms with Crippen molar-refractivity contribution >= 4 is 29.7 Å². The summed E-state index contributed by atoms with van der Waals surface area (Å²) in [4.78, 5) is 27.0. The number of halogens is 1. The van der Waals surface area contributed by atoms with Crippen LogP contribution in [0, 0.1) is 24.1 Å². The van der Waals surface area contributed by atoms with Crippen LogP contribution in [0.1, 0.15) is 36.8 Å². The maximum absolute atomic E-state index is 14.7. The Kier molecular flexibility index (Phi) is 6.64. The zero-order valence-electron chi connectivity index (χ0n) is 18.8. The van der Waals surface area contributed by atoms with Crippen molar-refractivity contribution in [3.63, 3.8) is 0 Å². The molecule has 9 nitrogen and oxygen atoms in total. The number of hydrogen-bond acceptors (Lipinski definition) is 6. The van der Waals surface area contributed by atoms with E-state index in [4.69, 9.17) is 20.9 Å². The molecule has 1 fully saturated rings. The van der Waals surface area contributed by atoms with E-state index in [1.54, 1.807) is 13.2 Å². The smallest absolute Gasteiger partial charge is 0.245 e. The topological polar surface area (TPSA) is 130 Å². The van der Waals surface area contributed by atoms with Crippen molar-refractivity contribution in [1.29, 1.82) is 5.41 Å². The van der Waals surface area contributed by atoms with Gasteiger partial charge in [-0.1, -0.05) is 0 Å². The van der Waals surface area contributed by atoms with Crippen LogP contribution < -0.4 is 16.0 Å². The maximum atomic E-state index is 14.7. The molecule has 1 aliphatic heterocycles. The number of benzene rings is 1. The first-order valence-electron chi connectivity index (χ1n) is 11.0. The number of fused-ring (bicyclic) bond motifs is 1. The number of methoxy groups -OCH3 is 1. The number of amidine groups is 1. The lowest BCUT2D eigenvalue weighted by Gasteiger charge is -2.35. The molecule has 2 aliphatic rings. The Labute approximate surface area is 191 Å². The molecule has 1 aromatic carbocycles. The van der Waals surface area contributed by atoms with Crippen molar-refractivity contribution in [2.75, 3.05) is 30.4 Å². The standard InChI is InChI=1S/C23H28FN7O2/c1-13-7-17(21(26)28-12-25)18(24)8-16(13)19-9-27-22-23(29-19)31(11-20(32)30-22)10-14-3-5-15(33-2)6-4-14/h7-9,12,14-15H,3-6,10-11H2,1-2H3,(H3,25,26,28)(H,27,30,32)/t14-,15+. The zero-order valence-corrected chi connectivity index (χ0v) is 18.8. The zero-order chi connectivity index (χ0) is 23.5. The predicted molar refractivity (Wildman–Crippen MR) is 125 cm³/mol. The van der Waals surface area contributed by atoms with Gasteiger partial charge in [0.15, 0.2) is 17.5 Å². The van der Waals surface area contributed by atoms with E-state index >= 15 is 0 Å². The highest BCUT2D eigenvalue weighted by Gasteiger charge is 2.29. The van der Waals surface area contributed by atoms with Crippen molar-refractivity contribution in [2.45, 2.75) is 38.7 Å². The number of carbonyl (C=O) groups excluding carboxylic acids is 1. The fourth-order valence-corrected chi connectivity index (χ4v) is 4.53. The van der Waals surface area contributed by atoms with Crippen LogP contribution >= 0.6 is 0 Å².